The third-order valence-electron chi connectivity index (χ3n) is 2.78. The van der Waals surface area contributed by atoms with Crippen LogP contribution in [0.4, 0.5) is 0 Å². The number of nitrogens with zero attached hydrogens (tertiary/aromatic N) is 1. The van der Waals surface area contributed by atoms with E-state index < -0.39 is 0 Å². The van der Waals surface area contributed by atoms with Gasteiger partial charge in [-0.3, -0.25) is 9.69 Å². The van der Waals surface area contributed by atoms with E-state index in [2.05, 4.69) is 6.92 Å². The van der Waals surface area contributed by atoms with Crippen molar-refractivity contribution >= 4 is 17.4 Å². The Labute approximate surface area is 113 Å². The summed E-state index contributed by atoms with van der Waals surface area (Å²) < 4.78 is 0. The van der Waals surface area contributed by atoms with Crippen LogP contribution >= 0.6 is 11.6 Å². The molecule has 4 heteroatoms. The molecule has 0 aromatic heterocycles. The number of carbonyl (C=O) groups is 1. The number of halogens is 1. The van der Waals surface area contributed by atoms with E-state index in [9.17, 15) is 4.79 Å². The average molecular weight is 270 g/mol. The smallest absolute Gasteiger partial charge is 0.176 e. The van der Waals surface area contributed by atoms with Gasteiger partial charge >= 0.3 is 0 Å². The lowest BCUT2D eigenvalue weighted by Crippen LogP contribution is -2.33. The molecule has 0 saturated heterocycles. The number of rotatable bonds is 8. The Balaban J connectivity index is 2.56. The Hall–Kier alpha value is -0.900. The Morgan fingerprint density at radius 2 is 1.94 bits per heavy atom. The third kappa shape index (κ3) is 5.17. The first kappa shape index (κ1) is 15.2. The van der Waals surface area contributed by atoms with Gasteiger partial charge in [0.15, 0.2) is 5.78 Å². The van der Waals surface area contributed by atoms with Crippen LogP contribution in [0.5, 0.6) is 0 Å². The number of ketones is 1. The highest BCUT2D eigenvalue weighted by Gasteiger charge is 2.11. The van der Waals surface area contributed by atoms with Crippen molar-refractivity contribution in [1.82, 2.24) is 4.90 Å². The van der Waals surface area contributed by atoms with Crippen molar-refractivity contribution in [2.24, 2.45) is 0 Å². The van der Waals surface area contributed by atoms with Crippen molar-refractivity contribution in [2.75, 3.05) is 26.2 Å². The number of unbranched alkanes of at least 4 members (excludes halogenated alkanes) is 1. The first-order valence-corrected chi connectivity index (χ1v) is 6.67. The highest BCUT2D eigenvalue weighted by Crippen LogP contribution is 2.10. The zero-order chi connectivity index (χ0) is 13.4. The predicted octanol–water partition coefficient (Wildman–Crippen LogP) is 2.62. The van der Waals surface area contributed by atoms with Gasteiger partial charge in [0, 0.05) is 17.1 Å². The lowest BCUT2D eigenvalue weighted by molar-refractivity contribution is 0.0913. The van der Waals surface area contributed by atoms with Gasteiger partial charge in [0.2, 0.25) is 0 Å². The molecule has 0 amide bonds. The molecule has 0 heterocycles. The number of aliphatic hydroxyl groups excluding tert-OH is 1. The molecule has 0 unspecified atom stereocenters. The number of Topliss-reactive ketones (excluding diaryl/α,β-unsaturated/α-hetero) is 1. The Bertz CT molecular complexity index is 365. The predicted molar refractivity (Wildman–Crippen MR) is 74.2 cm³/mol. The molecule has 18 heavy (non-hydrogen) atoms. The molecule has 0 aliphatic carbocycles. The Morgan fingerprint density at radius 1 is 1.28 bits per heavy atom. The second-order valence-corrected chi connectivity index (χ2v) is 4.72. The fraction of sp³-hybridized carbons (Fsp3) is 0.500. The van der Waals surface area contributed by atoms with Crippen molar-refractivity contribution in [3.63, 3.8) is 0 Å². The standard InChI is InChI=1S/C14H20ClNO2/c1-2-3-8-16(9-10-17)11-14(18)12-4-6-13(15)7-5-12/h4-7,17H,2-3,8-11H2,1H3. The molecular weight excluding hydrogens is 250 g/mol. The summed E-state index contributed by atoms with van der Waals surface area (Å²) in [6.45, 7) is 3.92. The molecule has 0 aliphatic rings. The van der Waals surface area contributed by atoms with Gasteiger partial charge in [-0.05, 0) is 37.2 Å². The number of hydrogen-bond acceptors (Lipinski definition) is 3. The monoisotopic (exact) mass is 269 g/mol. The van der Waals surface area contributed by atoms with Crippen molar-refractivity contribution in [1.29, 1.82) is 0 Å². The van der Waals surface area contributed by atoms with Gasteiger partial charge in [0.05, 0.1) is 13.2 Å². The largest absolute Gasteiger partial charge is 0.395 e. The molecule has 0 aliphatic heterocycles. The second kappa shape index (κ2) is 8.25. The fourth-order valence-electron chi connectivity index (χ4n) is 1.72. The first-order chi connectivity index (χ1) is 8.67. The van der Waals surface area contributed by atoms with Crippen LogP contribution in [-0.4, -0.2) is 42.0 Å². The quantitative estimate of drug-likeness (QED) is 0.738. The van der Waals surface area contributed by atoms with Gasteiger partial charge in [-0.15, -0.1) is 0 Å². The maximum atomic E-state index is 12.0. The number of hydrogen-bond donors (Lipinski definition) is 1. The van der Waals surface area contributed by atoms with Gasteiger partial charge in [0.25, 0.3) is 0 Å². The van der Waals surface area contributed by atoms with Crippen LogP contribution in [0.1, 0.15) is 30.1 Å². The van der Waals surface area contributed by atoms with Gasteiger partial charge in [-0.1, -0.05) is 24.9 Å². The van der Waals surface area contributed by atoms with E-state index in [-0.39, 0.29) is 12.4 Å². The lowest BCUT2D eigenvalue weighted by Gasteiger charge is -2.20. The molecule has 100 valence electrons. The molecule has 3 nitrogen and oxygen atoms in total. The van der Waals surface area contributed by atoms with Crippen molar-refractivity contribution in [3.8, 4) is 0 Å². The fourth-order valence-corrected chi connectivity index (χ4v) is 1.85. The number of carbonyl (C=O) groups excluding carboxylic acids is 1. The minimum Gasteiger partial charge on any atom is -0.395 e. The van der Waals surface area contributed by atoms with Crippen LogP contribution < -0.4 is 0 Å². The van der Waals surface area contributed by atoms with E-state index in [1.807, 2.05) is 4.90 Å². The van der Waals surface area contributed by atoms with Gasteiger partial charge in [0.1, 0.15) is 0 Å². The van der Waals surface area contributed by atoms with E-state index in [1.165, 1.54) is 0 Å². The third-order valence-corrected chi connectivity index (χ3v) is 3.03. The van der Waals surface area contributed by atoms with Crippen molar-refractivity contribution < 1.29 is 9.90 Å². The van der Waals surface area contributed by atoms with Crippen LogP contribution in [0, 0.1) is 0 Å². The summed E-state index contributed by atoms with van der Waals surface area (Å²) in [6.07, 6.45) is 2.12. The highest BCUT2D eigenvalue weighted by atomic mass is 35.5. The SMILES string of the molecule is CCCCN(CCO)CC(=O)c1ccc(Cl)cc1. The molecule has 1 aromatic carbocycles. The average Bonchev–Trinajstić information content (AvgIpc) is 2.37. The molecule has 0 atom stereocenters. The van der Waals surface area contributed by atoms with Crippen LogP contribution in [-0.2, 0) is 0 Å². The highest BCUT2D eigenvalue weighted by molar-refractivity contribution is 6.30. The Kier molecular flexibility index (Phi) is 6.94. The number of benzene rings is 1. The van der Waals surface area contributed by atoms with Gasteiger partial charge < -0.3 is 5.11 Å². The first-order valence-electron chi connectivity index (χ1n) is 6.29. The molecule has 0 saturated carbocycles. The lowest BCUT2D eigenvalue weighted by atomic mass is 10.1. The molecular formula is C14H20ClNO2. The molecule has 1 aromatic rings. The van der Waals surface area contributed by atoms with E-state index in [0.29, 0.717) is 23.7 Å². The number of aliphatic hydroxyl groups is 1. The van der Waals surface area contributed by atoms with Crippen LogP contribution in [0.15, 0.2) is 24.3 Å². The van der Waals surface area contributed by atoms with Crippen LogP contribution in [0.25, 0.3) is 0 Å². The maximum Gasteiger partial charge on any atom is 0.176 e. The van der Waals surface area contributed by atoms with E-state index >= 15 is 0 Å². The summed E-state index contributed by atoms with van der Waals surface area (Å²) in [5, 5.41) is 9.61. The summed E-state index contributed by atoms with van der Waals surface area (Å²) in [5.74, 6) is 0.0659. The zero-order valence-corrected chi connectivity index (χ0v) is 11.5. The van der Waals surface area contributed by atoms with E-state index in [1.54, 1.807) is 24.3 Å². The second-order valence-electron chi connectivity index (χ2n) is 4.28. The normalized spacial score (nSPS) is 10.9. The summed E-state index contributed by atoms with van der Waals surface area (Å²) in [5.41, 5.74) is 0.666. The molecule has 0 bridgehead atoms. The van der Waals surface area contributed by atoms with Gasteiger partial charge in [-0.2, -0.15) is 0 Å². The molecule has 1 rings (SSSR count). The van der Waals surface area contributed by atoms with Gasteiger partial charge in [-0.25, -0.2) is 0 Å². The summed E-state index contributed by atoms with van der Waals surface area (Å²) in [7, 11) is 0. The summed E-state index contributed by atoms with van der Waals surface area (Å²) in [4.78, 5) is 14.0. The zero-order valence-electron chi connectivity index (χ0n) is 10.7. The van der Waals surface area contributed by atoms with E-state index in [0.717, 1.165) is 19.4 Å². The van der Waals surface area contributed by atoms with Crippen molar-refractivity contribution in [3.05, 3.63) is 34.9 Å². The maximum absolute atomic E-state index is 12.0. The van der Waals surface area contributed by atoms with Crippen molar-refractivity contribution in [2.45, 2.75) is 19.8 Å². The van der Waals surface area contributed by atoms with E-state index in [4.69, 9.17) is 16.7 Å². The van der Waals surface area contributed by atoms with Crippen LogP contribution in [0.2, 0.25) is 5.02 Å². The van der Waals surface area contributed by atoms with Crippen LogP contribution in [0.3, 0.4) is 0 Å². The minimum absolute atomic E-state index is 0.0659. The molecule has 0 spiro atoms. The minimum atomic E-state index is 0.0659. The topological polar surface area (TPSA) is 40.5 Å². The summed E-state index contributed by atoms with van der Waals surface area (Å²) >= 11 is 5.79. The summed E-state index contributed by atoms with van der Waals surface area (Å²) in [6, 6.07) is 6.91. The molecule has 0 fully saturated rings. The molecule has 1 N–H and O–H groups in total. The molecule has 0 radical (unpaired) electrons. The Morgan fingerprint density at radius 3 is 2.50 bits per heavy atom.